The standard InChI is InChI=1S/C20H20N2O5S/c1-3-26-18(23)15-14(11-27-19(24)17-12(2)9-10-28-17)21-20(25)22-16(15)13-7-5-4-6-8-13/h4-10,16H,3,11H2,1-2H3,(H2,21,22,25). The number of aryl methyl sites for hydroxylation is 1. The highest BCUT2D eigenvalue weighted by Crippen LogP contribution is 2.28. The lowest BCUT2D eigenvalue weighted by Gasteiger charge is -2.29. The third-order valence-corrected chi connectivity index (χ3v) is 5.17. The number of thiophene rings is 1. The van der Waals surface area contributed by atoms with Crippen LogP contribution in [0.4, 0.5) is 4.79 Å². The normalized spacial score (nSPS) is 16.2. The first kappa shape index (κ1) is 19.6. The number of urea groups is 1. The van der Waals surface area contributed by atoms with Gasteiger partial charge in [-0.15, -0.1) is 11.3 Å². The first-order valence-corrected chi connectivity index (χ1v) is 9.63. The molecule has 2 heterocycles. The molecule has 8 heteroatoms. The van der Waals surface area contributed by atoms with Crippen molar-refractivity contribution in [3.05, 3.63) is 69.1 Å². The van der Waals surface area contributed by atoms with E-state index in [0.717, 1.165) is 11.1 Å². The van der Waals surface area contributed by atoms with Gasteiger partial charge in [-0.2, -0.15) is 0 Å². The summed E-state index contributed by atoms with van der Waals surface area (Å²) >= 11 is 1.28. The summed E-state index contributed by atoms with van der Waals surface area (Å²) in [6.07, 6.45) is 0. The van der Waals surface area contributed by atoms with E-state index in [4.69, 9.17) is 9.47 Å². The van der Waals surface area contributed by atoms with Gasteiger partial charge in [0.15, 0.2) is 0 Å². The maximum Gasteiger partial charge on any atom is 0.348 e. The molecule has 1 unspecified atom stereocenters. The summed E-state index contributed by atoms with van der Waals surface area (Å²) in [4.78, 5) is 37.6. The summed E-state index contributed by atoms with van der Waals surface area (Å²) in [6.45, 7) is 3.44. The van der Waals surface area contributed by atoms with E-state index in [0.29, 0.717) is 4.88 Å². The van der Waals surface area contributed by atoms with Gasteiger partial charge in [0.2, 0.25) is 0 Å². The molecule has 0 spiro atoms. The Bertz CT molecular complexity index is 920. The molecule has 0 aliphatic carbocycles. The van der Waals surface area contributed by atoms with Crippen LogP contribution in [0.15, 0.2) is 53.0 Å². The zero-order chi connectivity index (χ0) is 20.1. The molecule has 0 fully saturated rings. The van der Waals surface area contributed by atoms with Crippen LogP contribution in [0.25, 0.3) is 0 Å². The van der Waals surface area contributed by atoms with E-state index >= 15 is 0 Å². The fraction of sp³-hybridized carbons (Fsp3) is 0.250. The molecule has 7 nitrogen and oxygen atoms in total. The van der Waals surface area contributed by atoms with Gasteiger partial charge in [0, 0.05) is 0 Å². The summed E-state index contributed by atoms with van der Waals surface area (Å²) in [5.41, 5.74) is 1.95. The molecular weight excluding hydrogens is 380 g/mol. The van der Waals surface area contributed by atoms with Gasteiger partial charge in [-0.1, -0.05) is 30.3 Å². The zero-order valence-electron chi connectivity index (χ0n) is 15.5. The lowest BCUT2D eigenvalue weighted by Crippen LogP contribution is -2.47. The Morgan fingerprint density at radius 2 is 1.86 bits per heavy atom. The summed E-state index contributed by atoms with van der Waals surface area (Å²) in [6, 6.07) is 9.69. The van der Waals surface area contributed by atoms with Crippen LogP contribution in [0.2, 0.25) is 0 Å². The number of hydrogen-bond acceptors (Lipinski definition) is 6. The number of benzene rings is 1. The van der Waals surface area contributed by atoms with E-state index < -0.39 is 24.0 Å². The van der Waals surface area contributed by atoms with Gasteiger partial charge in [0.05, 0.1) is 23.9 Å². The summed E-state index contributed by atoms with van der Waals surface area (Å²) in [7, 11) is 0. The van der Waals surface area contributed by atoms with Crippen molar-refractivity contribution < 1.29 is 23.9 Å². The third-order valence-electron chi connectivity index (χ3n) is 4.18. The quantitative estimate of drug-likeness (QED) is 0.727. The van der Waals surface area contributed by atoms with Crippen molar-refractivity contribution >= 4 is 29.3 Å². The van der Waals surface area contributed by atoms with Crippen molar-refractivity contribution in [2.45, 2.75) is 19.9 Å². The lowest BCUT2D eigenvalue weighted by atomic mass is 9.95. The average molecular weight is 400 g/mol. The molecule has 28 heavy (non-hydrogen) atoms. The fourth-order valence-corrected chi connectivity index (χ4v) is 3.68. The Balaban J connectivity index is 1.92. The average Bonchev–Trinajstić information content (AvgIpc) is 3.12. The number of esters is 2. The molecule has 2 amide bonds. The first-order valence-electron chi connectivity index (χ1n) is 8.75. The van der Waals surface area contributed by atoms with Gasteiger partial charge >= 0.3 is 18.0 Å². The van der Waals surface area contributed by atoms with Gasteiger partial charge in [0.1, 0.15) is 11.5 Å². The van der Waals surface area contributed by atoms with Gasteiger partial charge in [-0.3, -0.25) is 0 Å². The van der Waals surface area contributed by atoms with E-state index in [-0.39, 0.29) is 24.5 Å². The second kappa shape index (κ2) is 8.71. The van der Waals surface area contributed by atoms with Crippen LogP contribution in [0, 0.1) is 6.92 Å². The monoisotopic (exact) mass is 400 g/mol. The van der Waals surface area contributed by atoms with Crippen LogP contribution < -0.4 is 10.6 Å². The second-order valence-corrected chi connectivity index (χ2v) is 6.98. The minimum atomic E-state index is -0.703. The van der Waals surface area contributed by atoms with Gasteiger partial charge in [-0.25, -0.2) is 14.4 Å². The molecule has 1 atom stereocenters. The van der Waals surface area contributed by atoms with Crippen LogP contribution >= 0.6 is 11.3 Å². The SMILES string of the molecule is CCOC(=O)C1=C(COC(=O)c2sccc2C)NC(=O)NC1c1ccccc1. The molecule has 1 aliphatic heterocycles. The highest BCUT2D eigenvalue weighted by Gasteiger charge is 2.34. The van der Waals surface area contributed by atoms with Crippen LogP contribution in [0.3, 0.4) is 0 Å². The number of rotatable bonds is 6. The summed E-state index contributed by atoms with van der Waals surface area (Å²) < 4.78 is 10.5. The molecule has 1 aromatic carbocycles. The molecule has 0 saturated carbocycles. The fourth-order valence-electron chi connectivity index (χ4n) is 2.86. The predicted octanol–water partition coefficient (Wildman–Crippen LogP) is 3.08. The minimum Gasteiger partial charge on any atom is -0.463 e. The van der Waals surface area contributed by atoms with Crippen LogP contribution in [0.5, 0.6) is 0 Å². The summed E-state index contributed by atoms with van der Waals surface area (Å²) in [5, 5.41) is 7.10. The van der Waals surface area contributed by atoms with Crippen LogP contribution in [0.1, 0.15) is 33.8 Å². The number of hydrogen-bond donors (Lipinski definition) is 2. The smallest absolute Gasteiger partial charge is 0.348 e. The molecule has 0 saturated heterocycles. The Morgan fingerprint density at radius 1 is 1.11 bits per heavy atom. The Labute approximate surface area is 166 Å². The highest BCUT2D eigenvalue weighted by atomic mass is 32.1. The van der Waals surface area contributed by atoms with Crippen molar-refractivity contribution in [1.29, 1.82) is 0 Å². The number of amides is 2. The van der Waals surface area contributed by atoms with Gasteiger partial charge in [-0.05, 0) is 36.4 Å². The Kier molecular flexibility index (Phi) is 6.10. The highest BCUT2D eigenvalue weighted by molar-refractivity contribution is 7.12. The molecule has 1 aromatic heterocycles. The predicted molar refractivity (Wildman–Crippen MR) is 104 cm³/mol. The van der Waals surface area contributed by atoms with Crippen molar-refractivity contribution in [2.24, 2.45) is 0 Å². The number of ether oxygens (including phenoxy) is 2. The van der Waals surface area contributed by atoms with E-state index in [1.54, 1.807) is 24.4 Å². The van der Waals surface area contributed by atoms with Crippen molar-refractivity contribution in [3.63, 3.8) is 0 Å². The molecular formula is C20H20N2O5S. The summed E-state index contributed by atoms with van der Waals surface area (Å²) in [5.74, 6) is -1.09. The van der Waals surface area contributed by atoms with Crippen LogP contribution in [-0.2, 0) is 14.3 Å². The van der Waals surface area contributed by atoms with Crippen molar-refractivity contribution in [3.8, 4) is 0 Å². The third kappa shape index (κ3) is 4.23. The largest absolute Gasteiger partial charge is 0.463 e. The Hall–Kier alpha value is -3.13. The zero-order valence-corrected chi connectivity index (χ0v) is 16.3. The lowest BCUT2D eigenvalue weighted by molar-refractivity contribution is -0.139. The van der Waals surface area contributed by atoms with E-state index in [2.05, 4.69) is 10.6 Å². The van der Waals surface area contributed by atoms with E-state index in [9.17, 15) is 14.4 Å². The second-order valence-electron chi connectivity index (χ2n) is 6.06. The first-order chi connectivity index (χ1) is 13.5. The van der Waals surface area contributed by atoms with Crippen LogP contribution in [-0.4, -0.2) is 31.2 Å². The van der Waals surface area contributed by atoms with E-state index in [1.807, 2.05) is 31.2 Å². The maximum absolute atomic E-state index is 12.6. The minimum absolute atomic E-state index is 0.180. The maximum atomic E-state index is 12.6. The number of carbonyl (C=O) groups excluding carboxylic acids is 3. The molecule has 3 rings (SSSR count). The molecule has 146 valence electrons. The van der Waals surface area contributed by atoms with E-state index in [1.165, 1.54) is 11.3 Å². The topological polar surface area (TPSA) is 93.7 Å². The molecule has 1 aliphatic rings. The number of carbonyl (C=O) groups is 3. The van der Waals surface area contributed by atoms with Gasteiger partial charge < -0.3 is 20.1 Å². The van der Waals surface area contributed by atoms with Gasteiger partial charge in [0.25, 0.3) is 0 Å². The Morgan fingerprint density at radius 3 is 2.50 bits per heavy atom. The molecule has 2 N–H and O–H groups in total. The van der Waals surface area contributed by atoms with Crippen molar-refractivity contribution in [2.75, 3.05) is 13.2 Å². The van der Waals surface area contributed by atoms with Crippen molar-refractivity contribution in [1.82, 2.24) is 10.6 Å². The number of nitrogens with one attached hydrogen (secondary N) is 2. The molecule has 0 bridgehead atoms. The molecule has 2 aromatic rings. The molecule has 0 radical (unpaired) electrons.